The highest BCUT2D eigenvalue weighted by Gasteiger charge is 2.34. The molecule has 10 heteroatoms. The van der Waals surface area contributed by atoms with Crippen LogP contribution in [0.25, 0.3) is 6.08 Å². The first-order chi connectivity index (χ1) is 14.0. The van der Waals surface area contributed by atoms with E-state index < -0.39 is 5.91 Å². The van der Waals surface area contributed by atoms with E-state index in [9.17, 15) is 14.4 Å². The molecule has 1 aromatic carbocycles. The average Bonchev–Trinajstić information content (AvgIpc) is 3.27. The molecule has 0 radical (unpaired) electrons. The number of aromatic amines is 1. The van der Waals surface area contributed by atoms with Crippen LogP contribution in [-0.2, 0) is 4.79 Å². The highest BCUT2D eigenvalue weighted by molar-refractivity contribution is 8.18. The van der Waals surface area contributed by atoms with Gasteiger partial charge < -0.3 is 19.8 Å². The van der Waals surface area contributed by atoms with Crippen LogP contribution in [0.4, 0.5) is 4.79 Å². The first kappa shape index (κ1) is 19.2. The second-order valence-electron chi connectivity index (χ2n) is 6.11. The third-order valence-corrected chi connectivity index (χ3v) is 5.50. The van der Waals surface area contributed by atoms with Gasteiger partial charge in [-0.05, 0) is 47.7 Å². The molecule has 0 bridgehead atoms. The number of fused-ring (bicyclic) bond motifs is 1. The average molecular weight is 429 g/mol. The van der Waals surface area contributed by atoms with E-state index in [0.29, 0.717) is 26.6 Å². The van der Waals surface area contributed by atoms with E-state index in [2.05, 4.69) is 10.3 Å². The predicted octanol–water partition coefficient (Wildman–Crippen LogP) is 2.94. The Kier molecular flexibility index (Phi) is 5.36. The molecule has 2 aliphatic heterocycles. The Morgan fingerprint density at radius 3 is 2.93 bits per heavy atom. The number of thioether (sulfide) groups is 1. The van der Waals surface area contributed by atoms with E-state index in [1.165, 1.54) is 0 Å². The fourth-order valence-electron chi connectivity index (χ4n) is 2.82. The van der Waals surface area contributed by atoms with E-state index in [1.807, 2.05) is 0 Å². The minimum Gasteiger partial charge on any atom is -0.454 e. The van der Waals surface area contributed by atoms with Gasteiger partial charge in [0.05, 0.1) is 10.5 Å². The lowest BCUT2D eigenvalue weighted by atomic mass is 10.2. The molecule has 2 aromatic rings. The predicted molar refractivity (Wildman–Crippen MR) is 109 cm³/mol. The number of hydrogen-bond donors (Lipinski definition) is 2. The fourth-order valence-corrected chi connectivity index (χ4v) is 3.92. The molecule has 2 aliphatic rings. The van der Waals surface area contributed by atoms with Gasteiger partial charge in [0.2, 0.25) is 6.79 Å². The molecule has 29 heavy (non-hydrogen) atoms. The van der Waals surface area contributed by atoms with E-state index in [-0.39, 0.29) is 31.0 Å². The first-order valence-electron chi connectivity index (χ1n) is 8.64. The van der Waals surface area contributed by atoms with E-state index in [4.69, 9.17) is 21.7 Å². The van der Waals surface area contributed by atoms with Crippen molar-refractivity contribution in [2.24, 2.45) is 0 Å². The van der Waals surface area contributed by atoms with Gasteiger partial charge in [0.15, 0.2) is 11.5 Å². The van der Waals surface area contributed by atoms with Crippen LogP contribution in [0.3, 0.4) is 0 Å². The Hall–Kier alpha value is -3.11. The SMILES string of the molecule is O=C(NCCN1C(=O)S/C(=C/c2ccc3c(c2)OCO3)C1=O)c1ccc[nH]c1=S. The smallest absolute Gasteiger partial charge is 0.293 e. The van der Waals surface area contributed by atoms with Gasteiger partial charge in [-0.15, -0.1) is 0 Å². The van der Waals surface area contributed by atoms with Crippen LogP contribution >= 0.6 is 24.0 Å². The molecular weight excluding hydrogens is 414 g/mol. The summed E-state index contributed by atoms with van der Waals surface area (Å²) in [7, 11) is 0. The molecule has 0 spiro atoms. The molecular formula is C19H15N3O5S2. The lowest BCUT2D eigenvalue weighted by Gasteiger charge is -2.13. The standard InChI is InChI=1S/C19H15N3O5S2/c23-16(12-2-1-5-21-17(12)28)20-6-7-22-18(24)15(29-19(22)25)9-11-3-4-13-14(8-11)27-10-26-13/h1-5,8-9H,6-7,10H2,(H,20,23)(H,21,28)/b15-9+. The molecule has 3 heterocycles. The number of aromatic nitrogens is 1. The van der Waals surface area contributed by atoms with Gasteiger partial charge in [-0.3, -0.25) is 19.3 Å². The van der Waals surface area contributed by atoms with Crippen LogP contribution in [0.1, 0.15) is 15.9 Å². The maximum Gasteiger partial charge on any atom is 0.293 e. The Balaban J connectivity index is 1.39. The largest absolute Gasteiger partial charge is 0.454 e. The number of hydrogen-bond acceptors (Lipinski definition) is 7. The van der Waals surface area contributed by atoms with Gasteiger partial charge in [0.1, 0.15) is 4.64 Å². The summed E-state index contributed by atoms with van der Waals surface area (Å²) in [6, 6.07) is 8.55. The number of rotatable bonds is 5. The lowest BCUT2D eigenvalue weighted by molar-refractivity contribution is -0.122. The highest BCUT2D eigenvalue weighted by atomic mass is 32.2. The fraction of sp³-hybridized carbons (Fsp3) is 0.158. The second-order valence-corrected chi connectivity index (χ2v) is 7.52. The number of imide groups is 1. The van der Waals surface area contributed by atoms with Crippen molar-refractivity contribution < 1.29 is 23.9 Å². The topological polar surface area (TPSA) is 101 Å². The molecule has 8 nitrogen and oxygen atoms in total. The van der Waals surface area contributed by atoms with Crippen LogP contribution < -0.4 is 14.8 Å². The van der Waals surface area contributed by atoms with Crippen LogP contribution in [0, 0.1) is 4.64 Å². The van der Waals surface area contributed by atoms with E-state index in [0.717, 1.165) is 22.2 Å². The van der Waals surface area contributed by atoms with Crippen molar-refractivity contribution in [3.8, 4) is 11.5 Å². The Bertz CT molecular complexity index is 1100. The van der Waals surface area contributed by atoms with E-state index >= 15 is 0 Å². The summed E-state index contributed by atoms with van der Waals surface area (Å²) >= 11 is 5.93. The maximum absolute atomic E-state index is 12.6. The number of ether oxygens (including phenoxy) is 2. The molecule has 0 unspecified atom stereocenters. The number of H-pyrrole nitrogens is 1. The minimum atomic E-state index is -0.399. The zero-order valence-corrected chi connectivity index (χ0v) is 16.6. The Morgan fingerprint density at radius 2 is 2.10 bits per heavy atom. The third kappa shape index (κ3) is 4.03. The summed E-state index contributed by atoms with van der Waals surface area (Å²) in [5.74, 6) is 0.475. The van der Waals surface area contributed by atoms with Gasteiger partial charge in [-0.1, -0.05) is 18.3 Å². The van der Waals surface area contributed by atoms with Gasteiger partial charge in [-0.2, -0.15) is 0 Å². The van der Waals surface area contributed by atoms with Crippen molar-refractivity contribution in [2.45, 2.75) is 0 Å². The van der Waals surface area contributed by atoms with Crippen LogP contribution in [0.5, 0.6) is 11.5 Å². The van der Waals surface area contributed by atoms with Crippen molar-refractivity contribution in [2.75, 3.05) is 19.9 Å². The quantitative estimate of drug-likeness (QED) is 0.557. The molecule has 0 atom stereocenters. The number of benzene rings is 1. The summed E-state index contributed by atoms with van der Waals surface area (Å²) in [5.41, 5.74) is 1.06. The molecule has 3 amide bonds. The summed E-state index contributed by atoms with van der Waals surface area (Å²) in [6.07, 6.45) is 3.26. The van der Waals surface area contributed by atoms with Crippen molar-refractivity contribution in [3.63, 3.8) is 0 Å². The van der Waals surface area contributed by atoms with Gasteiger partial charge >= 0.3 is 0 Å². The molecule has 148 valence electrons. The van der Waals surface area contributed by atoms with Crippen molar-refractivity contribution in [1.29, 1.82) is 0 Å². The summed E-state index contributed by atoms with van der Waals surface area (Å²) < 4.78 is 10.9. The zero-order valence-electron chi connectivity index (χ0n) is 15.0. The number of carbonyl (C=O) groups excluding carboxylic acids is 3. The normalized spacial score (nSPS) is 16.6. The molecule has 1 fully saturated rings. The number of amides is 3. The summed E-state index contributed by atoms with van der Waals surface area (Å²) in [4.78, 5) is 41.2. The Morgan fingerprint density at radius 1 is 1.28 bits per heavy atom. The van der Waals surface area contributed by atoms with Crippen molar-refractivity contribution >= 4 is 47.1 Å². The van der Waals surface area contributed by atoms with Crippen molar-refractivity contribution in [3.05, 3.63) is 57.2 Å². The molecule has 0 saturated carbocycles. The molecule has 1 aromatic heterocycles. The van der Waals surface area contributed by atoms with Crippen molar-refractivity contribution in [1.82, 2.24) is 15.2 Å². The first-order valence-corrected chi connectivity index (χ1v) is 9.86. The Labute approximate surface area is 174 Å². The number of nitrogens with one attached hydrogen (secondary N) is 2. The van der Waals surface area contributed by atoms with Crippen LogP contribution in [0.2, 0.25) is 0 Å². The zero-order chi connectivity index (χ0) is 20.4. The molecule has 2 N–H and O–H groups in total. The monoisotopic (exact) mass is 429 g/mol. The van der Waals surface area contributed by atoms with Gasteiger partial charge in [-0.25, -0.2) is 0 Å². The second kappa shape index (κ2) is 8.10. The summed E-state index contributed by atoms with van der Waals surface area (Å²) in [6.45, 7) is 0.352. The van der Waals surface area contributed by atoms with Gasteiger partial charge in [0.25, 0.3) is 17.1 Å². The number of nitrogens with zero attached hydrogens (tertiary/aromatic N) is 1. The number of pyridine rings is 1. The van der Waals surface area contributed by atoms with Gasteiger partial charge in [0, 0.05) is 19.3 Å². The minimum absolute atomic E-state index is 0.0677. The maximum atomic E-state index is 12.6. The molecule has 0 aliphatic carbocycles. The third-order valence-electron chi connectivity index (χ3n) is 4.25. The van der Waals surface area contributed by atoms with Crippen LogP contribution in [0.15, 0.2) is 41.4 Å². The van der Waals surface area contributed by atoms with Crippen LogP contribution in [-0.4, -0.2) is 46.8 Å². The highest BCUT2D eigenvalue weighted by Crippen LogP contribution is 2.36. The molecule has 1 saturated heterocycles. The molecule has 4 rings (SSSR count). The summed E-state index contributed by atoms with van der Waals surface area (Å²) in [5, 5.41) is 2.29. The number of carbonyl (C=O) groups is 3. The lowest BCUT2D eigenvalue weighted by Crippen LogP contribution is -2.37. The van der Waals surface area contributed by atoms with E-state index in [1.54, 1.807) is 42.6 Å².